The number of anilines is 3. The van der Waals surface area contributed by atoms with Gasteiger partial charge in [-0.25, -0.2) is 10.2 Å². The van der Waals surface area contributed by atoms with Gasteiger partial charge in [0.05, 0.1) is 12.8 Å². The van der Waals surface area contributed by atoms with E-state index in [1.54, 1.807) is 24.4 Å². The maximum atomic E-state index is 10.8. The average Bonchev–Trinajstić information content (AvgIpc) is 2.89. The molecule has 1 aromatic heterocycles. The van der Waals surface area contributed by atoms with Crippen molar-refractivity contribution >= 4 is 30.0 Å². The largest absolute Gasteiger partial charge is 0.490 e. The summed E-state index contributed by atoms with van der Waals surface area (Å²) >= 11 is 0. The van der Waals surface area contributed by atoms with Crippen LogP contribution >= 0.6 is 0 Å². The molecule has 0 amide bonds. The number of aliphatic carboxylic acids is 1. The predicted octanol–water partition coefficient (Wildman–Crippen LogP) is 3.16. The van der Waals surface area contributed by atoms with Gasteiger partial charge in [-0.15, -0.1) is 0 Å². The van der Waals surface area contributed by atoms with Crippen molar-refractivity contribution in [3.63, 3.8) is 0 Å². The standard InChI is InChI=1S/C24H33N7O4/c1-2-34-20-15-18(9-10-19(20)35-17-21(32)33)16-25-29-22-26-23(30-11-5-3-6-12-30)28-24(27-22)31-13-7-4-8-14-31/h9-10,15-16H,2-8,11-14,17H2,1H3,(H,32,33)(H,26,27,28,29)/b25-16-. The molecule has 2 aromatic rings. The van der Waals surface area contributed by atoms with Gasteiger partial charge in [0.25, 0.3) is 0 Å². The number of rotatable bonds is 10. The normalized spacial score (nSPS) is 16.4. The second kappa shape index (κ2) is 12.2. The highest BCUT2D eigenvalue weighted by Crippen LogP contribution is 2.28. The van der Waals surface area contributed by atoms with E-state index in [0.29, 0.717) is 36.0 Å². The first kappa shape index (κ1) is 24.5. The Morgan fingerprint density at radius 3 is 2.17 bits per heavy atom. The molecule has 0 bridgehead atoms. The average molecular weight is 484 g/mol. The summed E-state index contributed by atoms with van der Waals surface area (Å²) in [7, 11) is 0. The van der Waals surface area contributed by atoms with Crippen molar-refractivity contribution in [1.82, 2.24) is 15.0 Å². The Balaban J connectivity index is 1.51. The van der Waals surface area contributed by atoms with Crippen molar-refractivity contribution in [3.8, 4) is 11.5 Å². The molecule has 0 saturated carbocycles. The van der Waals surface area contributed by atoms with Crippen molar-refractivity contribution in [2.45, 2.75) is 45.4 Å². The second-order valence-electron chi connectivity index (χ2n) is 8.55. The number of hydrazone groups is 1. The predicted molar refractivity (Wildman–Crippen MR) is 134 cm³/mol. The molecule has 188 valence electrons. The maximum absolute atomic E-state index is 10.8. The molecule has 2 aliphatic rings. The first-order valence-electron chi connectivity index (χ1n) is 12.3. The van der Waals surface area contributed by atoms with Gasteiger partial charge in [-0.1, -0.05) is 0 Å². The minimum atomic E-state index is -1.05. The summed E-state index contributed by atoms with van der Waals surface area (Å²) in [6, 6.07) is 5.19. The molecule has 35 heavy (non-hydrogen) atoms. The molecular weight excluding hydrogens is 450 g/mol. The van der Waals surface area contributed by atoms with Crippen LogP contribution in [0.2, 0.25) is 0 Å². The fraction of sp³-hybridized carbons (Fsp3) is 0.542. The van der Waals surface area contributed by atoms with Crippen molar-refractivity contribution in [2.75, 3.05) is 54.6 Å². The quantitative estimate of drug-likeness (QED) is 0.384. The summed E-state index contributed by atoms with van der Waals surface area (Å²) in [5, 5.41) is 13.2. The number of hydrogen-bond acceptors (Lipinski definition) is 10. The van der Waals surface area contributed by atoms with Gasteiger partial charge in [0.2, 0.25) is 17.8 Å². The zero-order valence-corrected chi connectivity index (χ0v) is 20.1. The van der Waals surface area contributed by atoms with Crippen molar-refractivity contribution in [3.05, 3.63) is 23.8 Å². The van der Waals surface area contributed by atoms with Gasteiger partial charge in [0.1, 0.15) is 0 Å². The zero-order valence-electron chi connectivity index (χ0n) is 20.1. The number of carboxylic acid groups (broad SMARTS) is 1. The third-order valence-corrected chi connectivity index (χ3v) is 5.89. The van der Waals surface area contributed by atoms with Gasteiger partial charge < -0.3 is 24.4 Å². The van der Waals surface area contributed by atoms with Crippen LogP contribution in [-0.2, 0) is 4.79 Å². The Bertz CT molecular complexity index is 985. The Kier molecular flexibility index (Phi) is 8.53. The van der Waals surface area contributed by atoms with Crippen molar-refractivity contribution in [2.24, 2.45) is 5.10 Å². The maximum Gasteiger partial charge on any atom is 0.341 e. The molecule has 11 nitrogen and oxygen atoms in total. The smallest absolute Gasteiger partial charge is 0.341 e. The van der Waals surface area contributed by atoms with Crippen LogP contribution < -0.4 is 24.7 Å². The van der Waals surface area contributed by atoms with E-state index in [4.69, 9.17) is 19.6 Å². The van der Waals surface area contributed by atoms with Gasteiger partial charge in [0.15, 0.2) is 18.1 Å². The molecule has 2 saturated heterocycles. The molecule has 0 spiro atoms. The van der Waals surface area contributed by atoms with Crippen LogP contribution in [0.1, 0.15) is 51.0 Å². The number of carboxylic acids is 1. The lowest BCUT2D eigenvalue weighted by molar-refractivity contribution is -0.139. The molecule has 2 aliphatic heterocycles. The minimum absolute atomic E-state index is 0.370. The van der Waals surface area contributed by atoms with Crippen LogP contribution in [0.15, 0.2) is 23.3 Å². The fourth-order valence-electron chi connectivity index (χ4n) is 4.17. The summed E-state index contributed by atoms with van der Waals surface area (Å²) in [5.41, 5.74) is 3.72. The highest BCUT2D eigenvalue weighted by atomic mass is 16.5. The third kappa shape index (κ3) is 6.93. The molecular formula is C24H33N7O4. The topological polar surface area (TPSA) is 125 Å². The Morgan fingerprint density at radius 2 is 1.60 bits per heavy atom. The number of ether oxygens (including phenoxy) is 2. The van der Waals surface area contributed by atoms with Gasteiger partial charge in [-0.3, -0.25) is 0 Å². The Morgan fingerprint density at radius 1 is 0.971 bits per heavy atom. The van der Waals surface area contributed by atoms with Crippen LogP contribution in [0.5, 0.6) is 11.5 Å². The van der Waals surface area contributed by atoms with Gasteiger partial charge in [-0.2, -0.15) is 20.1 Å². The Labute approximate surface area is 205 Å². The molecule has 0 radical (unpaired) electrons. The first-order chi connectivity index (χ1) is 17.1. The second-order valence-corrected chi connectivity index (χ2v) is 8.55. The Hall–Kier alpha value is -3.63. The summed E-state index contributed by atoms with van der Waals surface area (Å²) in [6.45, 7) is 5.62. The fourth-order valence-corrected chi connectivity index (χ4v) is 4.17. The minimum Gasteiger partial charge on any atom is -0.490 e. The number of carbonyl (C=O) groups is 1. The van der Waals surface area contributed by atoms with E-state index in [1.807, 2.05) is 6.92 Å². The van der Waals surface area contributed by atoms with E-state index in [-0.39, 0.29) is 0 Å². The van der Waals surface area contributed by atoms with E-state index in [0.717, 1.165) is 57.4 Å². The molecule has 2 fully saturated rings. The van der Waals surface area contributed by atoms with E-state index in [9.17, 15) is 4.79 Å². The molecule has 1 aromatic carbocycles. The van der Waals surface area contributed by atoms with E-state index in [2.05, 4.69) is 30.3 Å². The van der Waals surface area contributed by atoms with Gasteiger partial charge in [0, 0.05) is 26.2 Å². The molecule has 0 aliphatic carbocycles. The summed E-state index contributed by atoms with van der Waals surface area (Å²) in [5.74, 6) is 1.57. The van der Waals surface area contributed by atoms with Gasteiger partial charge >= 0.3 is 5.97 Å². The highest BCUT2D eigenvalue weighted by Gasteiger charge is 2.20. The molecule has 3 heterocycles. The van der Waals surface area contributed by atoms with Crippen molar-refractivity contribution in [1.29, 1.82) is 0 Å². The van der Waals surface area contributed by atoms with Crippen LogP contribution in [0.25, 0.3) is 0 Å². The molecule has 11 heteroatoms. The lowest BCUT2D eigenvalue weighted by Gasteiger charge is -2.30. The number of benzene rings is 1. The summed E-state index contributed by atoms with van der Waals surface area (Å²) < 4.78 is 10.9. The van der Waals surface area contributed by atoms with Gasteiger partial charge in [-0.05, 0) is 69.2 Å². The number of nitrogens with zero attached hydrogens (tertiary/aromatic N) is 6. The van der Waals surface area contributed by atoms with E-state index in [1.165, 1.54) is 12.8 Å². The molecule has 0 unspecified atom stereocenters. The number of aromatic nitrogens is 3. The van der Waals surface area contributed by atoms with E-state index < -0.39 is 12.6 Å². The third-order valence-electron chi connectivity index (χ3n) is 5.89. The van der Waals surface area contributed by atoms with Crippen LogP contribution in [0.3, 0.4) is 0 Å². The van der Waals surface area contributed by atoms with Crippen LogP contribution in [0.4, 0.5) is 17.8 Å². The van der Waals surface area contributed by atoms with E-state index >= 15 is 0 Å². The number of nitrogens with one attached hydrogen (secondary N) is 1. The van der Waals surface area contributed by atoms with Crippen molar-refractivity contribution < 1.29 is 19.4 Å². The summed E-state index contributed by atoms with van der Waals surface area (Å²) in [4.78, 5) is 29.3. The molecule has 0 atom stereocenters. The summed E-state index contributed by atoms with van der Waals surface area (Å²) in [6.07, 6.45) is 8.66. The SMILES string of the molecule is CCOc1cc(/C=N\Nc2nc(N3CCCCC3)nc(N3CCCCC3)n2)ccc1OCC(=O)O. The number of piperidine rings is 2. The lowest BCUT2D eigenvalue weighted by atomic mass is 10.1. The first-order valence-corrected chi connectivity index (χ1v) is 12.3. The van der Waals surface area contributed by atoms with Crippen LogP contribution in [0, 0.1) is 0 Å². The lowest BCUT2D eigenvalue weighted by Crippen LogP contribution is -2.34. The van der Waals surface area contributed by atoms with Crippen LogP contribution in [-0.4, -0.2) is 71.6 Å². The zero-order chi connectivity index (χ0) is 24.5. The number of hydrogen-bond donors (Lipinski definition) is 2. The molecule has 4 rings (SSSR count). The highest BCUT2D eigenvalue weighted by molar-refractivity contribution is 5.81. The monoisotopic (exact) mass is 483 g/mol. The molecule has 2 N–H and O–H groups in total.